The highest BCUT2D eigenvalue weighted by atomic mass is 35.5. The van der Waals surface area contributed by atoms with E-state index in [9.17, 15) is 10.2 Å². The lowest BCUT2D eigenvalue weighted by atomic mass is 9.89. The highest BCUT2D eigenvalue weighted by molar-refractivity contribution is 6.17. The first-order valence-corrected chi connectivity index (χ1v) is 8.56. The molecule has 0 heterocycles. The van der Waals surface area contributed by atoms with Crippen molar-refractivity contribution in [1.82, 2.24) is 0 Å². The quantitative estimate of drug-likeness (QED) is 0.381. The zero-order chi connectivity index (χ0) is 16.7. The maximum Gasteiger partial charge on any atom is 0.115 e. The topological polar surface area (TPSA) is 40.5 Å². The van der Waals surface area contributed by atoms with Crippen LogP contribution in [-0.2, 0) is 0 Å². The van der Waals surface area contributed by atoms with Gasteiger partial charge in [0.05, 0.1) is 0 Å². The number of phenols is 2. The smallest absolute Gasteiger partial charge is 0.115 e. The lowest BCUT2D eigenvalue weighted by Gasteiger charge is -2.16. The van der Waals surface area contributed by atoms with Crippen molar-refractivity contribution in [3.05, 3.63) is 59.7 Å². The summed E-state index contributed by atoms with van der Waals surface area (Å²) in [5.74, 6) is 1.22. The van der Waals surface area contributed by atoms with Gasteiger partial charge in [0, 0.05) is 5.88 Å². The number of hydrogen-bond donors (Lipinski definition) is 2. The summed E-state index contributed by atoms with van der Waals surface area (Å²) < 4.78 is 0. The molecule has 0 radical (unpaired) electrons. The van der Waals surface area contributed by atoms with E-state index in [0.717, 1.165) is 36.8 Å². The van der Waals surface area contributed by atoms with Gasteiger partial charge in [-0.05, 0) is 72.2 Å². The third-order valence-corrected chi connectivity index (χ3v) is 4.23. The summed E-state index contributed by atoms with van der Waals surface area (Å²) in [6, 6.07) is 14.7. The first-order chi connectivity index (χ1) is 11.2. The molecule has 2 aromatic carbocycles. The Morgan fingerprint density at radius 3 is 1.70 bits per heavy atom. The predicted octanol–water partition coefficient (Wildman–Crippen LogP) is 5.83. The van der Waals surface area contributed by atoms with E-state index < -0.39 is 0 Å². The number of phenolic OH excluding ortho intramolecular Hbond substituents is 2. The molecule has 2 aromatic rings. The predicted molar refractivity (Wildman–Crippen MR) is 97.9 cm³/mol. The van der Waals surface area contributed by atoms with E-state index in [1.807, 2.05) is 24.3 Å². The van der Waals surface area contributed by atoms with Crippen molar-refractivity contribution in [1.29, 1.82) is 0 Å². The summed E-state index contributed by atoms with van der Waals surface area (Å²) in [4.78, 5) is 0. The fourth-order valence-corrected chi connectivity index (χ4v) is 2.97. The second-order valence-electron chi connectivity index (χ2n) is 5.55. The van der Waals surface area contributed by atoms with Crippen molar-refractivity contribution < 1.29 is 10.2 Å². The number of rotatable bonds is 7. The van der Waals surface area contributed by atoms with E-state index in [1.165, 1.54) is 11.1 Å². The molecule has 0 saturated carbocycles. The van der Waals surface area contributed by atoms with Gasteiger partial charge >= 0.3 is 0 Å². The first kappa shape index (κ1) is 17.4. The van der Waals surface area contributed by atoms with Crippen LogP contribution in [0.15, 0.2) is 48.5 Å². The Hall–Kier alpha value is -1.93. The maximum atomic E-state index is 9.53. The molecular weight excluding hydrogens is 308 g/mol. The van der Waals surface area contributed by atoms with Crippen LogP contribution >= 0.6 is 11.6 Å². The lowest BCUT2D eigenvalue weighted by molar-refractivity contribution is 0.474. The van der Waals surface area contributed by atoms with E-state index in [2.05, 4.69) is 6.92 Å². The van der Waals surface area contributed by atoms with Crippen LogP contribution in [0.3, 0.4) is 0 Å². The highest BCUT2D eigenvalue weighted by Crippen LogP contribution is 2.34. The molecule has 3 heteroatoms. The van der Waals surface area contributed by atoms with Gasteiger partial charge in [-0.15, -0.1) is 11.6 Å². The van der Waals surface area contributed by atoms with Gasteiger partial charge in [0.15, 0.2) is 0 Å². The minimum Gasteiger partial charge on any atom is -0.508 e. The molecule has 0 fully saturated rings. The molecule has 0 aliphatic heterocycles. The second kappa shape index (κ2) is 8.64. The number of allylic oxidation sites excluding steroid dienone is 2. The molecule has 0 amide bonds. The highest BCUT2D eigenvalue weighted by Gasteiger charge is 2.11. The van der Waals surface area contributed by atoms with Crippen LogP contribution in [0.1, 0.15) is 43.7 Å². The number of hydrogen-bond acceptors (Lipinski definition) is 2. The molecule has 23 heavy (non-hydrogen) atoms. The molecular formula is C20H23ClO2. The van der Waals surface area contributed by atoms with Crippen molar-refractivity contribution >= 4 is 22.7 Å². The third-order valence-electron chi connectivity index (χ3n) is 3.96. The molecule has 0 bridgehead atoms. The van der Waals surface area contributed by atoms with E-state index in [0.29, 0.717) is 5.88 Å². The van der Waals surface area contributed by atoms with Gasteiger partial charge < -0.3 is 10.2 Å². The molecule has 0 aromatic heterocycles. The van der Waals surface area contributed by atoms with Crippen molar-refractivity contribution in [3.8, 4) is 11.5 Å². The van der Waals surface area contributed by atoms with Crippen LogP contribution in [0, 0.1) is 0 Å². The van der Waals surface area contributed by atoms with Gasteiger partial charge in [-0.25, -0.2) is 0 Å². The fraction of sp³-hybridized carbons (Fsp3) is 0.300. The Labute approximate surface area is 143 Å². The van der Waals surface area contributed by atoms with Gasteiger partial charge in [-0.3, -0.25) is 0 Å². The molecule has 2 rings (SSSR count). The van der Waals surface area contributed by atoms with Crippen LogP contribution in [0.4, 0.5) is 0 Å². The van der Waals surface area contributed by atoms with Crippen LogP contribution in [0.2, 0.25) is 0 Å². The SMILES string of the molecule is CC/C(=C(\CCCCCl)c1ccc(O)cc1)c1ccc(O)cc1. The molecule has 0 atom stereocenters. The van der Waals surface area contributed by atoms with Crippen molar-refractivity contribution in [2.24, 2.45) is 0 Å². The number of benzene rings is 2. The normalized spacial score (nSPS) is 12.1. The number of unbranched alkanes of at least 4 members (excludes halogenated alkanes) is 1. The van der Waals surface area contributed by atoms with Crippen LogP contribution in [0.5, 0.6) is 11.5 Å². The largest absolute Gasteiger partial charge is 0.508 e. The summed E-state index contributed by atoms with van der Waals surface area (Å²) in [6.45, 7) is 2.14. The molecule has 0 saturated heterocycles. The van der Waals surface area contributed by atoms with E-state index in [4.69, 9.17) is 11.6 Å². The average molecular weight is 331 g/mol. The molecule has 2 N–H and O–H groups in total. The number of aromatic hydroxyl groups is 2. The minimum atomic E-state index is 0.275. The van der Waals surface area contributed by atoms with Gasteiger partial charge in [-0.1, -0.05) is 31.2 Å². The van der Waals surface area contributed by atoms with Crippen molar-refractivity contribution in [2.45, 2.75) is 32.6 Å². The summed E-state index contributed by atoms with van der Waals surface area (Å²) >= 11 is 5.82. The lowest BCUT2D eigenvalue weighted by Crippen LogP contribution is -1.94. The Morgan fingerprint density at radius 1 is 0.783 bits per heavy atom. The molecule has 0 unspecified atom stereocenters. The number of alkyl halides is 1. The summed E-state index contributed by atoms with van der Waals surface area (Å²) in [5.41, 5.74) is 4.80. The van der Waals surface area contributed by atoms with Crippen LogP contribution in [-0.4, -0.2) is 16.1 Å². The van der Waals surface area contributed by atoms with E-state index in [1.54, 1.807) is 24.3 Å². The second-order valence-corrected chi connectivity index (χ2v) is 5.93. The van der Waals surface area contributed by atoms with E-state index in [-0.39, 0.29) is 11.5 Å². The maximum absolute atomic E-state index is 9.53. The Bertz CT molecular complexity index is 642. The average Bonchev–Trinajstić information content (AvgIpc) is 2.57. The zero-order valence-corrected chi connectivity index (χ0v) is 14.2. The minimum absolute atomic E-state index is 0.275. The van der Waals surface area contributed by atoms with Gasteiger partial charge in [0.1, 0.15) is 11.5 Å². The first-order valence-electron chi connectivity index (χ1n) is 8.02. The molecule has 122 valence electrons. The van der Waals surface area contributed by atoms with Crippen molar-refractivity contribution in [2.75, 3.05) is 5.88 Å². The standard InChI is InChI=1S/C20H23ClO2/c1-2-19(15-6-10-17(22)11-7-15)20(5-3-4-14-21)16-8-12-18(23)13-9-16/h6-13,22-23H,2-5,14H2,1H3/b20-19-. The summed E-state index contributed by atoms with van der Waals surface area (Å²) in [5, 5.41) is 19.0. The molecule has 0 spiro atoms. The van der Waals surface area contributed by atoms with Gasteiger partial charge in [0.2, 0.25) is 0 Å². The summed E-state index contributed by atoms with van der Waals surface area (Å²) in [6.07, 6.45) is 3.86. The van der Waals surface area contributed by atoms with E-state index >= 15 is 0 Å². The monoisotopic (exact) mass is 330 g/mol. The van der Waals surface area contributed by atoms with Crippen LogP contribution in [0.25, 0.3) is 11.1 Å². The molecule has 0 aliphatic carbocycles. The van der Waals surface area contributed by atoms with Gasteiger partial charge in [-0.2, -0.15) is 0 Å². The Balaban J connectivity index is 2.46. The Kier molecular flexibility index (Phi) is 6.54. The zero-order valence-electron chi connectivity index (χ0n) is 13.4. The summed E-state index contributed by atoms with van der Waals surface area (Å²) in [7, 11) is 0. The number of halogens is 1. The molecule has 0 aliphatic rings. The van der Waals surface area contributed by atoms with Crippen molar-refractivity contribution in [3.63, 3.8) is 0 Å². The molecule has 2 nitrogen and oxygen atoms in total. The third kappa shape index (κ3) is 4.77. The fourth-order valence-electron chi connectivity index (χ4n) is 2.78. The Morgan fingerprint density at radius 2 is 1.26 bits per heavy atom. The van der Waals surface area contributed by atoms with Gasteiger partial charge in [0.25, 0.3) is 0 Å². The van der Waals surface area contributed by atoms with Crippen LogP contribution < -0.4 is 0 Å².